The zero-order chi connectivity index (χ0) is 27.7. The predicted molar refractivity (Wildman–Crippen MR) is 142 cm³/mol. The molecule has 0 aromatic heterocycles. The zero-order valence-corrected chi connectivity index (χ0v) is 22.6. The molecule has 0 bridgehead atoms. The monoisotopic (exact) mass is 531 g/mol. The topological polar surface area (TPSA) is 132 Å². The Balaban J connectivity index is 1.89. The molecule has 38 heavy (non-hydrogen) atoms. The van der Waals surface area contributed by atoms with Crippen molar-refractivity contribution in [1.82, 2.24) is 25.3 Å². The van der Waals surface area contributed by atoms with Crippen molar-refractivity contribution < 1.29 is 29.0 Å². The molecule has 1 saturated heterocycles. The molecule has 0 saturated carbocycles. The number of nitrogens with zero attached hydrogens (tertiary/aromatic N) is 3. The van der Waals surface area contributed by atoms with Crippen LogP contribution in [0.4, 0.5) is 0 Å². The number of likely N-dealkylation sites (N-methyl/N-ethyl adjacent to an activating group) is 1. The number of fused-ring (bicyclic) bond motifs is 1. The summed E-state index contributed by atoms with van der Waals surface area (Å²) in [5.74, 6) is -1.04. The van der Waals surface area contributed by atoms with Crippen molar-refractivity contribution in [3.05, 3.63) is 29.8 Å². The number of rotatable bonds is 6. The molecule has 3 rings (SSSR count). The second kappa shape index (κ2) is 14.1. The van der Waals surface area contributed by atoms with E-state index in [1.54, 1.807) is 34.1 Å². The number of ether oxygens (including phenoxy) is 1. The van der Waals surface area contributed by atoms with Gasteiger partial charge in [-0.1, -0.05) is 26.0 Å². The van der Waals surface area contributed by atoms with Crippen molar-refractivity contribution in [2.45, 2.75) is 45.7 Å². The lowest BCUT2D eigenvalue weighted by molar-refractivity contribution is -0.139. The number of carbonyl (C=O) groups excluding carboxylic acids is 4. The first-order chi connectivity index (χ1) is 18.2. The summed E-state index contributed by atoms with van der Waals surface area (Å²) in [7, 11) is 0. The van der Waals surface area contributed by atoms with Gasteiger partial charge in [0.1, 0.15) is 24.4 Å². The number of hydrogen-bond acceptors (Lipinski definition) is 7. The number of aliphatic hydroxyl groups is 1. The molecule has 1 fully saturated rings. The van der Waals surface area contributed by atoms with Crippen molar-refractivity contribution in [3.63, 3.8) is 0 Å². The van der Waals surface area contributed by atoms with E-state index in [1.807, 2.05) is 20.8 Å². The molecule has 11 nitrogen and oxygen atoms in total. The van der Waals surface area contributed by atoms with E-state index in [-0.39, 0.29) is 42.9 Å². The van der Waals surface area contributed by atoms with Gasteiger partial charge in [0.05, 0.1) is 25.1 Å². The minimum atomic E-state index is -1.11. The summed E-state index contributed by atoms with van der Waals surface area (Å²) in [5, 5.41) is 14.8. The molecule has 0 radical (unpaired) electrons. The van der Waals surface area contributed by atoms with Gasteiger partial charge in [0.15, 0.2) is 0 Å². The van der Waals surface area contributed by atoms with E-state index < -0.39 is 23.9 Å². The van der Waals surface area contributed by atoms with E-state index in [0.717, 1.165) is 0 Å². The Morgan fingerprint density at radius 3 is 2.45 bits per heavy atom. The van der Waals surface area contributed by atoms with Crippen LogP contribution in [0.3, 0.4) is 0 Å². The highest BCUT2D eigenvalue weighted by Gasteiger charge is 2.33. The normalized spacial score (nSPS) is 22.3. The SMILES string of the molecule is CCN1CCOc2ccccc2C(=O)N[C@H](C(=O)N2CCN(CCO)CC2)CC(=O)N[C@H](CC(C)C)C1=O. The van der Waals surface area contributed by atoms with Crippen LogP contribution in [-0.2, 0) is 14.4 Å². The molecule has 0 spiro atoms. The summed E-state index contributed by atoms with van der Waals surface area (Å²) in [6.45, 7) is 9.34. The van der Waals surface area contributed by atoms with Crippen molar-refractivity contribution in [1.29, 1.82) is 0 Å². The number of β-amino-alcohol motifs (C(OH)–C–C–N with tert-alkyl or cyclic N) is 1. The second-order valence-corrected chi connectivity index (χ2v) is 10.1. The minimum Gasteiger partial charge on any atom is -0.491 e. The number of para-hydroxylation sites is 1. The first-order valence-corrected chi connectivity index (χ1v) is 13.5. The van der Waals surface area contributed by atoms with Gasteiger partial charge in [-0.2, -0.15) is 0 Å². The van der Waals surface area contributed by atoms with E-state index in [2.05, 4.69) is 15.5 Å². The van der Waals surface area contributed by atoms with E-state index >= 15 is 0 Å². The average molecular weight is 532 g/mol. The summed E-state index contributed by atoms with van der Waals surface area (Å²) in [4.78, 5) is 58.7. The van der Waals surface area contributed by atoms with Crippen molar-refractivity contribution in [2.75, 3.05) is 59.0 Å². The van der Waals surface area contributed by atoms with Gasteiger partial charge in [-0.15, -0.1) is 0 Å². The van der Waals surface area contributed by atoms with Crippen LogP contribution < -0.4 is 15.4 Å². The van der Waals surface area contributed by atoms with E-state index in [9.17, 15) is 24.3 Å². The fourth-order valence-electron chi connectivity index (χ4n) is 4.81. The summed E-state index contributed by atoms with van der Waals surface area (Å²) in [6.07, 6.45) is 0.154. The lowest BCUT2D eigenvalue weighted by atomic mass is 10.0. The van der Waals surface area contributed by atoms with Crippen LogP contribution in [0.2, 0.25) is 0 Å². The van der Waals surface area contributed by atoms with Crippen molar-refractivity contribution >= 4 is 23.6 Å². The lowest BCUT2D eigenvalue weighted by Crippen LogP contribution is -2.57. The fourth-order valence-corrected chi connectivity index (χ4v) is 4.81. The summed E-state index contributed by atoms with van der Waals surface area (Å²) < 4.78 is 5.90. The number of carbonyl (C=O) groups is 4. The molecule has 4 amide bonds. The maximum Gasteiger partial charge on any atom is 0.255 e. The van der Waals surface area contributed by atoms with Gasteiger partial charge < -0.3 is 30.3 Å². The molecule has 0 unspecified atom stereocenters. The highest BCUT2D eigenvalue weighted by Crippen LogP contribution is 2.19. The largest absolute Gasteiger partial charge is 0.491 e. The molecule has 0 aliphatic carbocycles. The number of aliphatic hydroxyl groups excluding tert-OH is 1. The molecular formula is C27H41N5O6. The van der Waals surface area contributed by atoms with Gasteiger partial charge in [0.25, 0.3) is 5.91 Å². The molecule has 2 aliphatic heterocycles. The maximum atomic E-state index is 13.5. The zero-order valence-electron chi connectivity index (χ0n) is 22.6. The average Bonchev–Trinajstić information content (AvgIpc) is 2.89. The van der Waals surface area contributed by atoms with Crippen LogP contribution in [-0.4, -0.2) is 115 Å². The molecule has 2 atom stereocenters. The molecule has 3 N–H and O–H groups in total. The first kappa shape index (κ1) is 29.4. The molecule has 210 valence electrons. The molecule has 11 heteroatoms. The number of hydrogen-bond donors (Lipinski definition) is 3. The summed E-state index contributed by atoms with van der Waals surface area (Å²) >= 11 is 0. The Morgan fingerprint density at radius 1 is 1.08 bits per heavy atom. The van der Waals surface area contributed by atoms with Crippen LogP contribution >= 0.6 is 0 Å². The molecule has 2 aliphatic rings. The number of nitrogens with one attached hydrogen (secondary N) is 2. The van der Waals surface area contributed by atoms with Crippen LogP contribution in [0.15, 0.2) is 24.3 Å². The number of amides is 4. The molecule has 1 aromatic carbocycles. The molecule has 1 aromatic rings. The third-order valence-corrected chi connectivity index (χ3v) is 6.88. The number of benzene rings is 1. The van der Waals surface area contributed by atoms with Crippen molar-refractivity contribution in [3.8, 4) is 5.75 Å². The third-order valence-electron chi connectivity index (χ3n) is 6.88. The molecular weight excluding hydrogens is 490 g/mol. The quantitative estimate of drug-likeness (QED) is 0.474. The van der Waals surface area contributed by atoms with Gasteiger partial charge in [-0.05, 0) is 31.4 Å². The van der Waals surface area contributed by atoms with Gasteiger partial charge in [-0.3, -0.25) is 24.1 Å². The molecule has 2 heterocycles. The third kappa shape index (κ3) is 7.91. The van der Waals surface area contributed by atoms with Crippen LogP contribution in [0.1, 0.15) is 44.0 Å². The van der Waals surface area contributed by atoms with Gasteiger partial charge in [0, 0.05) is 39.3 Å². The fraction of sp³-hybridized carbons (Fsp3) is 0.630. The van der Waals surface area contributed by atoms with Gasteiger partial charge >= 0.3 is 0 Å². The van der Waals surface area contributed by atoms with Crippen molar-refractivity contribution in [2.24, 2.45) is 5.92 Å². The standard InChI is InChI=1S/C27H41N5O6/c1-4-31-14-16-38-23-8-6-5-7-20(23)25(35)29-22(18-24(34)28-21(26(31)36)17-19(2)3)27(37)32-11-9-30(10-12-32)13-15-33/h5-8,19,21-22,33H,4,9-18H2,1-3H3,(H,28,34)(H,29,35)/t21-,22+/m1/s1. The maximum absolute atomic E-state index is 13.5. The highest BCUT2D eigenvalue weighted by molar-refractivity contribution is 6.01. The van der Waals surface area contributed by atoms with Crippen LogP contribution in [0, 0.1) is 5.92 Å². The van der Waals surface area contributed by atoms with E-state index in [4.69, 9.17) is 4.74 Å². The minimum absolute atomic E-state index is 0.0417. The smallest absolute Gasteiger partial charge is 0.255 e. The van der Waals surface area contributed by atoms with E-state index in [0.29, 0.717) is 58.0 Å². The number of piperazine rings is 1. The van der Waals surface area contributed by atoms with Crippen LogP contribution in [0.25, 0.3) is 0 Å². The Kier molecular flexibility index (Phi) is 10.9. The Hall–Kier alpha value is -3.18. The Labute approximate surface area is 224 Å². The highest BCUT2D eigenvalue weighted by atomic mass is 16.5. The van der Waals surface area contributed by atoms with Gasteiger partial charge in [-0.25, -0.2) is 0 Å². The lowest BCUT2D eigenvalue weighted by Gasteiger charge is -2.36. The Bertz CT molecular complexity index is 978. The predicted octanol–water partition coefficient (Wildman–Crippen LogP) is 0.0834. The first-order valence-electron chi connectivity index (χ1n) is 13.5. The second-order valence-electron chi connectivity index (χ2n) is 10.1. The van der Waals surface area contributed by atoms with Gasteiger partial charge in [0.2, 0.25) is 17.7 Å². The summed E-state index contributed by atoms with van der Waals surface area (Å²) in [5.41, 5.74) is 0.252. The van der Waals surface area contributed by atoms with Crippen LogP contribution in [0.5, 0.6) is 5.75 Å². The Morgan fingerprint density at radius 2 is 1.79 bits per heavy atom. The summed E-state index contributed by atoms with van der Waals surface area (Å²) in [6, 6.07) is 4.87. The van der Waals surface area contributed by atoms with E-state index in [1.165, 1.54) is 0 Å².